The third kappa shape index (κ3) is 4.54. The van der Waals surface area contributed by atoms with Crippen molar-refractivity contribution in [2.45, 2.75) is 20.8 Å². The smallest absolute Gasteiger partial charge is 0.267 e. The number of ether oxygens (including phenoxy) is 2. The van der Waals surface area contributed by atoms with Crippen LogP contribution in [0.1, 0.15) is 29.2 Å². The van der Waals surface area contributed by atoms with Crippen molar-refractivity contribution in [2.75, 3.05) is 37.5 Å². The van der Waals surface area contributed by atoms with Gasteiger partial charge in [-0.1, -0.05) is 0 Å². The quantitative estimate of drug-likeness (QED) is 0.566. The molecule has 1 N–H and O–H groups in total. The highest BCUT2D eigenvalue weighted by Gasteiger charge is 2.18. The molecule has 8 heteroatoms. The van der Waals surface area contributed by atoms with E-state index in [0.29, 0.717) is 27.8 Å². The van der Waals surface area contributed by atoms with Gasteiger partial charge >= 0.3 is 0 Å². The van der Waals surface area contributed by atoms with Crippen LogP contribution < -0.4 is 19.7 Å². The first-order valence-corrected chi connectivity index (χ1v) is 10.5. The zero-order valence-corrected chi connectivity index (χ0v) is 18.7. The molecule has 0 spiro atoms. The number of carbonyl (C=O) groups is 1. The van der Waals surface area contributed by atoms with Crippen LogP contribution in [0.2, 0.25) is 0 Å². The summed E-state index contributed by atoms with van der Waals surface area (Å²) in [5, 5.41) is 3.66. The summed E-state index contributed by atoms with van der Waals surface area (Å²) in [7, 11) is 3.18. The lowest BCUT2D eigenvalue weighted by Crippen LogP contribution is -2.22. The summed E-state index contributed by atoms with van der Waals surface area (Å²) in [6.45, 7) is 7.77. The molecule has 3 rings (SSSR count). The fourth-order valence-corrected chi connectivity index (χ4v) is 4.04. The Hall–Kier alpha value is -3.13. The number of rotatable bonds is 8. The first-order chi connectivity index (χ1) is 14.5. The summed E-state index contributed by atoms with van der Waals surface area (Å²) in [4.78, 5) is 24.5. The number of methoxy groups -OCH3 is 2. The molecule has 0 aliphatic carbocycles. The number of hydrogen-bond acceptors (Lipinski definition) is 7. The van der Waals surface area contributed by atoms with Gasteiger partial charge in [-0.2, -0.15) is 0 Å². The minimum Gasteiger partial charge on any atom is -0.493 e. The molecular weight excluding hydrogens is 400 g/mol. The van der Waals surface area contributed by atoms with Gasteiger partial charge in [0.25, 0.3) is 5.91 Å². The van der Waals surface area contributed by atoms with Gasteiger partial charge in [-0.05, 0) is 51.1 Å². The molecule has 0 aliphatic rings. The summed E-state index contributed by atoms with van der Waals surface area (Å²) in [5.74, 6) is 1.96. The van der Waals surface area contributed by atoms with Crippen molar-refractivity contribution in [3.63, 3.8) is 0 Å². The summed E-state index contributed by atoms with van der Waals surface area (Å²) in [5.41, 5.74) is 2.19. The van der Waals surface area contributed by atoms with Crippen LogP contribution in [0, 0.1) is 6.92 Å². The van der Waals surface area contributed by atoms with E-state index in [1.807, 2.05) is 37.3 Å². The molecule has 3 aromatic rings. The van der Waals surface area contributed by atoms with Crippen LogP contribution in [0.4, 0.5) is 11.5 Å². The second-order valence-corrected chi connectivity index (χ2v) is 7.53. The van der Waals surface area contributed by atoms with Crippen molar-refractivity contribution in [1.82, 2.24) is 9.97 Å². The van der Waals surface area contributed by atoms with Crippen LogP contribution in [-0.4, -0.2) is 43.2 Å². The number of anilines is 2. The molecular formula is C22H26N4O3S. The van der Waals surface area contributed by atoms with Crippen molar-refractivity contribution in [1.29, 1.82) is 0 Å². The highest BCUT2D eigenvalue weighted by Crippen LogP contribution is 2.35. The fourth-order valence-electron chi connectivity index (χ4n) is 3.08. The van der Waals surface area contributed by atoms with Crippen LogP contribution in [0.5, 0.6) is 11.5 Å². The lowest BCUT2D eigenvalue weighted by molar-refractivity contribution is 0.102. The molecule has 0 radical (unpaired) electrons. The number of aromatic nitrogens is 2. The molecule has 0 fully saturated rings. The maximum atomic E-state index is 12.8. The van der Waals surface area contributed by atoms with Gasteiger partial charge in [0.05, 0.1) is 31.8 Å². The molecule has 2 aromatic heterocycles. The number of thiazole rings is 1. The third-order valence-corrected chi connectivity index (χ3v) is 5.93. The van der Waals surface area contributed by atoms with E-state index in [1.165, 1.54) is 11.3 Å². The van der Waals surface area contributed by atoms with Gasteiger partial charge in [-0.25, -0.2) is 9.97 Å². The van der Waals surface area contributed by atoms with Gasteiger partial charge in [0, 0.05) is 18.7 Å². The SMILES string of the molecule is CCN(CC)c1ccc(NC(=O)c2sc(-c3ccc(OC)c(OC)c3)nc2C)cn1. The molecule has 1 amide bonds. The van der Waals surface area contributed by atoms with Gasteiger partial charge < -0.3 is 19.7 Å². The first kappa shape index (κ1) is 21.6. The standard InChI is InChI=1S/C22H26N4O3S/c1-6-26(7-2)19-11-9-16(13-23-19)25-21(27)20-14(3)24-22(30-20)15-8-10-17(28-4)18(12-15)29-5/h8-13H,6-7H2,1-5H3,(H,25,27). The molecule has 0 saturated heterocycles. The fraction of sp³-hybridized carbons (Fsp3) is 0.318. The van der Waals surface area contributed by atoms with E-state index in [-0.39, 0.29) is 5.91 Å². The van der Waals surface area contributed by atoms with Crippen molar-refractivity contribution < 1.29 is 14.3 Å². The molecule has 158 valence electrons. The molecule has 1 aromatic carbocycles. The van der Waals surface area contributed by atoms with Crippen LogP contribution in [0.3, 0.4) is 0 Å². The Morgan fingerprint density at radius 1 is 1.10 bits per heavy atom. The largest absolute Gasteiger partial charge is 0.493 e. The molecule has 2 heterocycles. The van der Waals surface area contributed by atoms with Crippen molar-refractivity contribution >= 4 is 28.7 Å². The van der Waals surface area contributed by atoms with Crippen molar-refractivity contribution in [3.05, 3.63) is 47.1 Å². The molecule has 0 atom stereocenters. The summed E-state index contributed by atoms with van der Waals surface area (Å²) < 4.78 is 10.6. The Bertz CT molecular complexity index is 1010. The topological polar surface area (TPSA) is 76.6 Å². The summed E-state index contributed by atoms with van der Waals surface area (Å²) in [6.07, 6.45) is 1.68. The second-order valence-electron chi connectivity index (χ2n) is 6.53. The van der Waals surface area contributed by atoms with Crippen LogP contribution >= 0.6 is 11.3 Å². The Morgan fingerprint density at radius 2 is 1.83 bits per heavy atom. The summed E-state index contributed by atoms with van der Waals surface area (Å²) in [6, 6.07) is 9.36. The molecule has 0 saturated carbocycles. The van der Waals surface area contributed by atoms with E-state index >= 15 is 0 Å². The third-order valence-electron chi connectivity index (χ3n) is 4.73. The number of amides is 1. The number of benzene rings is 1. The predicted molar refractivity (Wildman–Crippen MR) is 121 cm³/mol. The van der Waals surface area contributed by atoms with E-state index in [4.69, 9.17) is 9.47 Å². The van der Waals surface area contributed by atoms with Gasteiger partial charge in [0.2, 0.25) is 0 Å². The number of nitrogens with one attached hydrogen (secondary N) is 1. The number of carbonyl (C=O) groups excluding carboxylic acids is 1. The van der Waals surface area contributed by atoms with Gasteiger partial charge in [0.1, 0.15) is 15.7 Å². The maximum Gasteiger partial charge on any atom is 0.267 e. The predicted octanol–water partition coefficient (Wildman–Crippen LogP) is 4.63. The highest BCUT2D eigenvalue weighted by atomic mass is 32.1. The van der Waals surface area contributed by atoms with E-state index in [2.05, 4.69) is 34.0 Å². The summed E-state index contributed by atoms with van der Waals surface area (Å²) >= 11 is 1.34. The minimum absolute atomic E-state index is 0.200. The number of aryl methyl sites for hydroxylation is 1. The van der Waals surface area contributed by atoms with Crippen molar-refractivity contribution in [3.8, 4) is 22.1 Å². The molecule has 7 nitrogen and oxygen atoms in total. The Kier molecular flexibility index (Phi) is 6.89. The molecule has 0 bridgehead atoms. The zero-order valence-electron chi connectivity index (χ0n) is 17.9. The van der Waals surface area contributed by atoms with E-state index in [9.17, 15) is 4.79 Å². The number of hydrogen-bond donors (Lipinski definition) is 1. The minimum atomic E-state index is -0.200. The van der Waals surface area contributed by atoms with Crippen LogP contribution in [-0.2, 0) is 0 Å². The normalized spacial score (nSPS) is 10.6. The number of pyridine rings is 1. The number of nitrogens with zero attached hydrogens (tertiary/aromatic N) is 3. The lowest BCUT2D eigenvalue weighted by atomic mass is 10.2. The maximum absolute atomic E-state index is 12.8. The van der Waals surface area contributed by atoms with Crippen molar-refractivity contribution in [2.24, 2.45) is 0 Å². The van der Waals surface area contributed by atoms with Gasteiger partial charge in [0.15, 0.2) is 11.5 Å². The second kappa shape index (κ2) is 9.58. The Morgan fingerprint density at radius 3 is 2.43 bits per heavy atom. The molecule has 0 unspecified atom stereocenters. The molecule has 30 heavy (non-hydrogen) atoms. The van der Waals surface area contributed by atoms with E-state index in [1.54, 1.807) is 20.4 Å². The first-order valence-electron chi connectivity index (χ1n) is 9.72. The Labute approximate surface area is 180 Å². The van der Waals surface area contributed by atoms with Gasteiger partial charge in [-0.15, -0.1) is 11.3 Å². The van der Waals surface area contributed by atoms with Crippen LogP contribution in [0.15, 0.2) is 36.5 Å². The van der Waals surface area contributed by atoms with E-state index in [0.717, 1.165) is 29.5 Å². The highest BCUT2D eigenvalue weighted by molar-refractivity contribution is 7.17. The average molecular weight is 427 g/mol. The zero-order chi connectivity index (χ0) is 21.7. The monoisotopic (exact) mass is 426 g/mol. The van der Waals surface area contributed by atoms with Crippen LogP contribution in [0.25, 0.3) is 10.6 Å². The van der Waals surface area contributed by atoms with E-state index < -0.39 is 0 Å². The molecule has 0 aliphatic heterocycles. The lowest BCUT2D eigenvalue weighted by Gasteiger charge is -2.19. The van der Waals surface area contributed by atoms with Gasteiger partial charge in [-0.3, -0.25) is 4.79 Å². The average Bonchev–Trinajstić information content (AvgIpc) is 3.17. The Balaban J connectivity index is 1.79.